The van der Waals surface area contributed by atoms with E-state index in [1.807, 2.05) is 42.5 Å². The molecule has 2 rings (SSSR count). The normalized spacial score (nSPS) is 10.3. The molecule has 2 nitrogen and oxygen atoms in total. The molecule has 0 saturated heterocycles. The van der Waals surface area contributed by atoms with Crippen LogP contribution in [0.1, 0.15) is 16.7 Å². The summed E-state index contributed by atoms with van der Waals surface area (Å²) in [6.07, 6.45) is 0.291. The van der Waals surface area contributed by atoms with E-state index in [0.29, 0.717) is 23.9 Å². The van der Waals surface area contributed by atoms with Crippen molar-refractivity contribution in [2.75, 3.05) is 0 Å². The summed E-state index contributed by atoms with van der Waals surface area (Å²) in [5.41, 5.74) is 2.95. The molecular formula is C16H15Cl2NO. The van der Waals surface area contributed by atoms with E-state index in [9.17, 15) is 4.79 Å². The second-order valence-electron chi connectivity index (χ2n) is 4.50. The lowest BCUT2D eigenvalue weighted by atomic mass is 10.1. The summed E-state index contributed by atoms with van der Waals surface area (Å²) in [6, 6.07) is 15.2. The lowest BCUT2D eigenvalue weighted by Crippen LogP contribution is -2.24. The van der Waals surface area contributed by atoms with Crippen LogP contribution in [0.25, 0.3) is 0 Å². The fraction of sp³-hybridized carbons (Fsp3) is 0.188. The average molecular weight is 308 g/mol. The van der Waals surface area contributed by atoms with E-state index in [1.165, 1.54) is 0 Å². The van der Waals surface area contributed by atoms with Gasteiger partial charge in [0.15, 0.2) is 0 Å². The first-order chi connectivity index (χ1) is 9.69. The van der Waals surface area contributed by atoms with Gasteiger partial charge in [-0.1, -0.05) is 54.1 Å². The van der Waals surface area contributed by atoms with Crippen LogP contribution in [0, 0.1) is 0 Å². The van der Waals surface area contributed by atoms with Crippen molar-refractivity contribution in [2.24, 2.45) is 0 Å². The van der Waals surface area contributed by atoms with Crippen LogP contribution in [0.2, 0.25) is 5.02 Å². The molecule has 1 amide bonds. The fourth-order valence-electron chi connectivity index (χ4n) is 1.82. The number of benzene rings is 2. The molecule has 0 unspecified atom stereocenters. The predicted octanol–water partition coefficient (Wildman–Crippen LogP) is 3.94. The molecule has 20 heavy (non-hydrogen) atoms. The zero-order valence-electron chi connectivity index (χ0n) is 10.9. The number of carbonyl (C=O) groups is 1. The van der Waals surface area contributed by atoms with Crippen LogP contribution in [0.5, 0.6) is 0 Å². The number of halogens is 2. The Morgan fingerprint density at radius 1 is 1.00 bits per heavy atom. The Labute approximate surface area is 128 Å². The van der Waals surface area contributed by atoms with Gasteiger partial charge in [-0.2, -0.15) is 0 Å². The van der Waals surface area contributed by atoms with Gasteiger partial charge in [0.25, 0.3) is 0 Å². The second kappa shape index (κ2) is 7.32. The van der Waals surface area contributed by atoms with Crippen molar-refractivity contribution < 1.29 is 4.79 Å². The SMILES string of the molecule is O=C(Cc1ccccc1Cl)NCc1ccc(CCl)cc1. The molecule has 2 aromatic carbocycles. The van der Waals surface area contributed by atoms with Gasteiger partial charge in [-0.05, 0) is 22.8 Å². The van der Waals surface area contributed by atoms with Crippen LogP contribution in [-0.2, 0) is 23.6 Å². The van der Waals surface area contributed by atoms with Gasteiger partial charge in [-0.3, -0.25) is 4.79 Å². The summed E-state index contributed by atoms with van der Waals surface area (Å²) in [5.74, 6) is 0.457. The maximum atomic E-state index is 11.9. The molecule has 0 spiro atoms. The summed E-state index contributed by atoms with van der Waals surface area (Å²) < 4.78 is 0. The van der Waals surface area contributed by atoms with Crippen LogP contribution >= 0.6 is 23.2 Å². The molecule has 0 bridgehead atoms. The number of hydrogen-bond acceptors (Lipinski definition) is 1. The molecule has 0 heterocycles. The van der Waals surface area contributed by atoms with E-state index >= 15 is 0 Å². The van der Waals surface area contributed by atoms with Crippen molar-refractivity contribution in [2.45, 2.75) is 18.8 Å². The summed E-state index contributed by atoms with van der Waals surface area (Å²) in [5, 5.41) is 3.50. The highest BCUT2D eigenvalue weighted by molar-refractivity contribution is 6.31. The predicted molar refractivity (Wildman–Crippen MR) is 83.0 cm³/mol. The zero-order valence-corrected chi connectivity index (χ0v) is 12.4. The molecule has 0 aromatic heterocycles. The maximum absolute atomic E-state index is 11.9. The topological polar surface area (TPSA) is 29.1 Å². The fourth-order valence-corrected chi connectivity index (χ4v) is 2.20. The first-order valence-electron chi connectivity index (χ1n) is 6.33. The summed E-state index contributed by atoms with van der Waals surface area (Å²) >= 11 is 11.8. The molecular weight excluding hydrogens is 293 g/mol. The number of amides is 1. The quantitative estimate of drug-likeness (QED) is 0.833. The zero-order chi connectivity index (χ0) is 14.4. The second-order valence-corrected chi connectivity index (χ2v) is 5.17. The van der Waals surface area contributed by atoms with Crippen molar-refractivity contribution in [3.05, 3.63) is 70.2 Å². The van der Waals surface area contributed by atoms with Crippen molar-refractivity contribution in [1.29, 1.82) is 0 Å². The minimum absolute atomic E-state index is 0.0421. The summed E-state index contributed by atoms with van der Waals surface area (Å²) in [6.45, 7) is 0.506. The third kappa shape index (κ3) is 4.26. The lowest BCUT2D eigenvalue weighted by Gasteiger charge is -2.07. The Balaban J connectivity index is 1.87. The molecule has 0 fully saturated rings. The van der Waals surface area contributed by atoms with Gasteiger partial charge in [-0.15, -0.1) is 11.6 Å². The van der Waals surface area contributed by atoms with E-state index in [4.69, 9.17) is 23.2 Å². The molecule has 0 aliphatic carbocycles. The highest BCUT2D eigenvalue weighted by Gasteiger charge is 2.06. The lowest BCUT2D eigenvalue weighted by molar-refractivity contribution is -0.120. The van der Waals surface area contributed by atoms with Gasteiger partial charge in [0.05, 0.1) is 6.42 Å². The van der Waals surface area contributed by atoms with Gasteiger partial charge in [0.2, 0.25) is 5.91 Å². The third-order valence-corrected chi connectivity index (χ3v) is 3.65. The highest BCUT2D eigenvalue weighted by atomic mass is 35.5. The van der Waals surface area contributed by atoms with E-state index in [1.54, 1.807) is 6.07 Å². The third-order valence-electron chi connectivity index (χ3n) is 2.98. The van der Waals surface area contributed by atoms with Crippen molar-refractivity contribution >= 4 is 29.1 Å². The smallest absolute Gasteiger partial charge is 0.224 e. The Hall–Kier alpha value is -1.51. The summed E-state index contributed by atoms with van der Waals surface area (Å²) in [7, 11) is 0. The Kier molecular flexibility index (Phi) is 5.45. The monoisotopic (exact) mass is 307 g/mol. The minimum atomic E-state index is -0.0421. The number of alkyl halides is 1. The van der Waals surface area contributed by atoms with Gasteiger partial charge < -0.3 is 5.32 Å². The van der Waals surface area contributed by atoms with E-state index < -0.39 is 0 Å². The number of nitrogens with one attached hydrogen (secondary N) is 1. The molecule has 0 atom stereocenters. The molecule has 1 N–H and O–H groups in total. The van der Waals surface area contributed by atoms with Crippen molar-refractivity contribution in [3.8, 4) is 0 Å². The first kappa shape index (κ1) is 14.9. The van der Waals surface area contributed by atoms with Gasteiger partial charge in [0, 0.05) is 17.4 Å². The van der Waals surface area contributed by atoms with Crippen molar-refractivity contribution in [3.63, 3.8) is 0 Å². The molecule has 0 aliphatic heterocycles. The Bertz CT molecular complexity index is 581. The van der Waals surface area contributed by atoms with Crippen molar-refractivity contribution in [1.82, 2.24) is 5.32 Å². The number of rotatable bonds is 5. The Morgan fingerprint density at radius 3 is 2.30 bits per heavy atom. The molecule has 4 heteroatoms. The average Bonchev–Trinajstić information content (AvgIpc) is 2.48. The van der Waals surface area contributed by atoms with Crippen LogP contribution in [-0.4, -0.2) is 5.91 Å². The van der Waals surface area contributed by atoms with Crippen LogP contribution in [0.15, 0.2) is 48.5 Å². The van der Waals surface area contributed by atoms with E-state index in [-0.39, 0.29) is 5.91 Å². The van der Waals surface area contributed by atoms with E-state index in [0.717, 1.165) is 16.7 Å². The van der Waals surface area contributed by atoms with Gasteiger partial charge in [-0.25, -0.2) is 0 Å². The standard InChI is InChI=1S/C16H15Cl2NO/c17-10-12-5-7-13(8-6-12)11-19-16(20)9-14-3-1-2-4-15(14)18/h1-8H,9-11H2,(H,19,20). The molecule has 104 valence electrons. The van der Waals surface area contributed by atoms with Gasteiger partial charge >= 0.3 is 0 Å². The molecule has 0 radical (unpaired) electrons. The Morgan fingerprint density at radius 2 is 1.65 bits per heavy atom. The summed E-state index contributed by atoms with van der Waals surface area (Å²) in [4.78, 5) is 11.9. The molecule has 2 aromatic rings. The number of hydrogen-bond donors (Lipinski definition) is 1. The van der Waals surface area contributed by atoms with Crippen LogP contribution in [0.4, 0.5) is 0 Å². The first-order valence-corrected chi connectivity index (χ1v) is 7.24. The molecule has 0 aliphatic rings. The van der Waals surface area contributed by atoms with Gasteiger partial charge in [0.1, 0.15) is 0 Å². The van der Waals surface area contributed by atoms with E-state index in [2.05, 4.69) is 5.32 Å². The largest absolute Gasteiger partial charge is 0.352 e. The number of carbonyl (C=O) groups excluding carboxylic acids is 1. The molecule has 0 saturated carbocycles. The maximum Gasteiger partial charge on any atom is 0.224 e. The highest BCUT2D eigenvalue weighted by Crippen LogP contribution is 2.15. The van der Waals surface area contributed by atoms with Crippen LogP contribution in [0.3, 0.4) is 0 Å². The minimum Gasteiger partial charge on any atom is -0.352 e. The van der Waals surface area contributed by atoms with Crippen LogP contribution < -0.4 is 5.32 Å².